The molecule has 5 nitrogen and oxygen atoms in total. The molecule has 1 saturated heterocycles. The fraction of sp³-hybridized carbons (Fsp3) is 0.375. The zero-order valence-corrected chi connectivity index (χ0v) is 16.2. The molecule has 7 rings (SSSR count). The maximum Gasteiger partial charge on any atom is 0.254 e. The van der Waals surface area contributed by atoms with Gasteiger partial charge in [0, 0.05) is 5.56 Å². The molecule has 1 heterocycles. The van der Waals surface area contributed by atoms with Crippen molar-refractivity contribution in [2.45, 2.75) is 13.3 Å². The predicted molar refractivity (Wildman–Crippen MR) is 109 cm³/mol. The third kappa shape index (κ3) is 2.30. The Hall–Kier alpha value is -2.95. The first-order valence-electron chi connectivity index (χ1n) is 10.4. The fourth-order valence-electron chi connectivity index (χ4n) is 5.86. The molecule has 0 spiro atoms. The van der Waals surface area contributed by atoms with Crippen molar-refractivity contribution in [3.05, 3.63) is 54.1 Å². The van der Waals surface area contributed by atoms with Gasteiger partial charge in [0.2, 0.25) is 0 Å². The maximum atomic E-state index is 13.1. The van der Waals surface area contributed by atoms with E-state index in [1.807, 2.05) is 43.3 Å². The minimum Gasteiger partial charge on any atom is -0.493 e. The molecular formula is C24H22N2O3. The van der Waals surface area contributed by atoms with Gasteiger partial charge in [0.1, 0.15) is 5.75 Å². The Morgan fingerprint density at radius 2 is 1.72 bits per heavy atom. The number of ether oxygens (including phenoxy) is 1. The molecule has 1 aliphatic heterocycles. The fourth-order valence-corrected chi connectivity index (χ4v) is 5.86. The quantitative estimate of drug-likeness (QED) is 0.458. The highest BCUT2D eigenvalue weighted by molar-refractivity contribution is 6.08. The molecule has 0 radical (unpaired) electrons. The zero-order chi connectivity index (χ0) is 19.7. The molecule has 2 bridgehead atoms. The van der Waals surface area contributed by atoms with E-state index in [9.17, 15) is 9.59 Å². The van der Waals surface area contributed by atoms with Gasteiger partial charge in [0.05, 0.1) is 24.7 Å². The van der Waals surface area contributed by atoms with Gasteiger partial charge in [0.25, 0.3) is 11.8 Å². The van der Waals surface area contributed by atoms with Gasteiger partial charge in [-0.2, -0.15) is 10.1 Å². The van der Waals surface area contributed by atoms with Crippen molar-refractivity contribution in [2.75, 3.05) is 6.61 Å². The second-order valence-electron chi connectivity index (χ2n) is 8.52. The molecule has 0 N–H and O–H groups in total. The van der Waals surface area contributed by atoms with E-state index < -0.39 is 0 Å². The summed E-state index contributed by atoms with van der Waals surface area (Å²) in [6.45, 7) is 2.46. The van der Waals surface area contributed by atoms with Crippen LogP contribution in [0.5, 0.6) is 5.75 Å². The predicted octanol–water partition coefficient (Wildman–Crippen LogP) is 3.63. The van der Waals surface area contributed by atoms with Gasteiger partial charge in [-0.25, -0.2) is 0 Å². The Morgan fingerprint density at radius 1 is 1.03 bits per heavy atom. The summed E-state index contributed by atoms with van der Waals surface area (Å²) in [5.74, 6) is 1.58. The number of nitrogens with zero attached hydrogens (tertiary/aromatic N) is 2. The lowest BCUT2D eigenvalue weighted by molar-refractivity contribution is -0.140. The van der Waals surface area contributed by atoms with E-state index in [0.29, 0.717) is 24.2 Å². The molecule has 6 atom stereocenters. The summed E-state index contributed by atoms with van der Waals surface area (Å²) in [4.78, 5) is 26.3. The Morgan fingerprint density at radius 3 is 2.41 bits per heavy atom. The average Bonchev–Trinajstić information content (AvgIpc) is 3.53. The minimum atomic E-state index is -0.225. The van der Waals surface area contributed by atoms with Crippen LogP contribution in [0.4, 0.5) is 0 Å². The minimum absolute atomic E-state index is 0.140. The van der Waals surface area contributed by atoms with Crippen LogP contribution < -0.4 is 4.74 Å². The number of hydrazone groups is 1. The molecule has 2 aromatic rings. The number of allylic oxidation sites excluding steroid dienone is 2. The van der Waals surface area contributed by atoms with Gasteiger partial charge in [0.15, 0.2) is 0 Å². The number of imide groups is 1. The molecule has 6 unspecified atom stereocenters. The van der Waals surface area contributed by atoms with E-state index in [-0.39, 0.29) is 35.5 Å². The molecule has 4 aliphatic carbocycles. The Kier molecular flexibility index (Phi) is 3.52. The molecule has 5 aliphatic rings. The number of amides is 2. The van der Waals surface area contributed by atoms with Gasteiger partial charge in [-0.1, -0.05) is 42.5 Å². The lowest BCUT2D eigenvalue weighted by Gasteiger charge is -2.37. The van der Waals surface area contributed by atoms with Crippen molar-refractivity contribution < 1.29 is 14.3 Å². The summed E-state index contributed by atoms with van der Waals surface area (Å²) >= 11 is 0. The van der Waals surface area contributed by atoms with E-state index >= 15 is 0 Å². The molecule has 5 heteroatoms. The first kappa shape index (κ1) is 17.0. The van der Waals surface area contributed by atoms with Crippen LogP contribution in [0.1, 0.15) is 18.9 Å². The number of benzene rings is 2. The molecule has 146 valence electrons. The van der Waals surface area contributed by atoms with Crippen molar-refractivity contribution in [3.63, 3.8) is 0 Å². The van der Waals surface area contributed by atoms with Gasteiger partial charge < -0.3 is 4.74 Å². The highest BCUT2D eigenvalue weighted by Crippen LogP contribution is 2.65. The van der Waals surface area contributed by atoms with Crippen LogP contribution in [0.2, 0.25) is 0 Å². The van der Waals surface area contributed by atoms with Crippen molar-refractivity contribution in [1.29, 1.82) is 0 Å². The molecule has 29 heavy (non-hydrogen) atoms. The van der Waals surface area contributed by atoms with E-state index in [1.54, 1.807) is 6.21 Å². The zero-order valence-electron chi connectivity index (χ0n) is 16.2. The third-order valence-corrected chi connectivity index (χ3v) is 7.17. The number of carbonyl (C=O) groups excluding carboxylic acids is 2. The topological polar surface area (TPSA) is 59.0 Å². The summed E-state index contributed by atoms with van der Waals surface area (Å²) < 4.78 is 5.78. The van der Waals surface area contributed by atoms with Gasteiger partial charge in [-0.05, 0) is 53.9 Å². The van der Waals surface area contributed by atoms with E-state index in [0.717, 1.165) is 27.8 Å². The first-order chi connectivity index (χ1) is 14.2. The molecule has 2 amide bonds. The van der Waals surface area contributed by atoms with Gasteiger partial charge in [-0.3, -0.25) is 9.59 Å². The largest absolute Gasteiger partial charge is 0.493 e. The number of rotatable bonds is 4. The van der Waals surface area contributed by atoms with Crippen LogP contribution in [0, 0.1) is 35.5 Å². The smallest absolute Gasteiger partial charge is 0.254 e. The van der Waals surface area contributed by atoms with Crippen LogP contribution in [0.15, 0.2) is 53.7 Å². The van der Waals surface area contributed by atoms with Gasteiger partial charge in [-0.15, -0.1) is 0 Å². The second-order valence-corrected chi connectivity index (χ2v) is 8.52. The number of fused-ring (bicyclic) bond motifs is 1. The normalized spacial score (nSPS) is 34.2. The van der Waals surface area contributed by atoms with Crippen LogP contribution >= 0.6 is 0 Å². The lowest BCUT2D eigenvalue weighted by atomic mass is 9.63. The van der Waals surface area contributed by atoms with Crippen molar-refractivity contribution in [2.24, 2.45) is 40.6 Å². The first-order valence-corrected chi connectivity index (χ1v) is 10.4. The highest BCUT2D eigenvalue weighted by atomic mass is 16.5. The Balaban J connectivity index is 1.38. The number of hydrogen-bond acceptors (Lipinski definition) is 4. The lowest BCUT2D eigenvalue weighted by Crippen LogP contribution is -2.40. The van der Waals surface area contributed by atoms with Crippen molar-refractivity contribution in [1.82, 2.24) is 5.01 Å². The number of carbonyl (C=O) groups is 2. The SMILES string of the molecule is CCOc1ccc2ccccc2c1C=NN1C(=O)C2C3C=CC(C4CC34)C2C1=O. The standard InChI is InChI=1S/C24H22N2O3/c1-2-29-20-10-7-13-5-3-4-6-14(13)19(20)12-25-26-23(27)21-15-8-9-16(18-11-17(15)18)22(21)24(26)28/h3-10,12,15-18,21-22H,2,11H2,1H3. The molecular weight excluding hydrogens is 364 g/mol. The van der Waals surface area contributed by atoms with Crippen LogP contribution in [-0.2, 0) is 9.59 Å². The van der Waals surface area contributed by atoms with Crippen molar-refractivity contribution >= 4 is 28.8 Å². The Labute approximate surface area is 169 Å². The summed E-state index contributed by atoms with van der Waals surface area (Å²) in [6, 6.07) is 11.9. The monoisotopic (exact) mass is 386 g/mol. The molecule has 3 fully saturated rings. The van der Waals surface area contributed by atoms with Gasteiger partial charge >= 0.3 is 0 Å². The summed E-state index contributed by atoms with van der Waals surface area (Å²) in [5.41, 5.74) is 0.796. The molecule has 0 aromatic heterocycles. The van der Waals surface area contributed by atoms with Crippen LogP contribution in [0.25, 0.3) is 10.8 Å². The third-order valence-electron chi connectivity index (χ3n) is 7.17. The van der Waals surface area contributed by atoms with Crippen LogP contribution in [-0.4, -0.2) is 29.6 Å². The highest BCUT2D eigenvalue weighted by Gasteiger charge is 2.67. The van der Waals surface area contributed by atoms with Crippen molar-refractivity contribution in [3.8, 4) is 5.75 Å². The Bertz CT molecular complexity index is 1070. The second kappa shape index (κ2) is 6.02. The van der Waals surface area contributed by atoms with E-state index in [4.69, 9.17) is 4.74 Å². The van der Waals surface area contributed by atoms with E-state index in [2.05, 4.69) is 17.3 Å². The molecule has 2 saturated carbocycles. The maximum absolute atomic E-state index is 13.1. The summed E-state index contributed by atoms with van der Waals surface area (Å²) in [5, 5.41) is 7.59. The van der Waals surface area contributed by atoms with E-state index in [1.165, 1.54) is 0 Å². The summed E-state index contributed by atoms with van der Waals surface area (Å²) in [6.07, 6.45) is 7.13. The average molecular weight is 386 g/mol. The summed E-state index contributed by atoms with van der Waals surface area (Å²) in [7, 11) is 0. The molecule has 2 aromatic carbocycles. The van der Waals surface area contributed by atoms with Crippen LogP contribution in [0.3, 0.4) is 0 Å². The number of hydrogen-bond donors (Lipinski definition) is 0.